The van der Waals surface area contributed by atoms with E-state index in [2.05, 4.69) is 10.1 Å². The van der Waals surface area contributed by atoms with Gasteiger partial charge < -0.3 is 19.5 Å². The summed E-state index contributed by atoms with van der Waals surface area (Å²) in [5.41, 5.74) is 1.78. The Bertz CT molecular complexity index is 793. The number of rotatable bonds is 9. The molecule has 2 rings (SSSR count). The summed E-state index contributed by atoms with van der Waals surface area (Å²) < 4.78 is 27.5. The summed E-state index contributed by atoms with van der Waals surface area (Å²) in [5, 5.41) is 3.34. The number of methoxy groups -OCH3 is 2. The Morgan fingerprint density at radius 2 is 1.81 bits per heavy atom. The lowest BCUT2D eigenvalue weighted by Crippen LogP contribution is -2.26. The normalized spacial score (nSPS) is 11.0. The molecule has 1 N–H and O–H groups in total. The van der Waals surface area contributed by atoms with E-state index in [9.17, 15) is 9.18 Å². The summed E-state index contributed by atoms with van der Waals surface area (Å²) in [6.07, 6.45) is 1.69. The number of benzene rings is 2. The summed E-state index contributed by atoms with van der Waals surface area (Å²) in [4.78, 5) is 12.5. The fourth-order valence-electron chi connectivity index (χ4n) is 2.45. The molecule has 0 fully saturated rings. The summed E-state index contributed by atoms with van der Waals surface area (Å²) in [5.74, 6) is 0.896. The quantitative estimate of drug-likeness (QED) is 0.516. The van der Waals surface area contributed by atoms with Crippen LogP contribution in [0.1, 0.15) is 11.1 Å². The number of nitrogens with one attached hydrogen (secondary N) is 1. The van der Waals surface area contributed by atoms with Crippen molar-refractivity contribution in [2.45, 2.75) is 6.42 Å². The van der Waals surface area contributed by atoms with Crippen LogP contribution in [0.3, 0.4) is 0 Å². The van der Waals surface area contributed by atoms with Gasteiger partial charge in [-0.05, 0) is 41.8 Å². The zero-order valence-corrected chi connectivity index (χ0v) is 15.9. The lowest BCUT2D eigenvalue weighted by Gasteiger charge is -2.11. The van der Waals surface area contributed by atoms with Crippen LogP contribution in [0.15, 0.2) is 48.7 Å². The minimum absolute atomic E-state index is 0.219. The molecule has 0 saturated heterocycles. The molecule has 0 radical (unpaired) electrons. The molecule has 0 aliphatic heterocycles. The molecule has 0 saturated carbocycles. The third-order valence-corrected chi connectivity index (χ3v) is 4.06. The Kier molecular flexibility index (Phi) is 7.95. The van der Waals surface area contributed by atoms with E-state index in [-0.39, 0.29) is 11.5 Å². The molecule has 27 heavy (non-hydrogen) atoms. The number of alkyl halides is 1. The average Bonchev–Trinajstić information content (AvgIpc) is 2.69. The van der Waals surface area contributed by atoms with Crippen LogP contribution < -0.4 is 14.8 Å². The maximum atomic E-state index is 12.5. The Labute approximate surface area is 162 Å². The van der Waals surface area contributed by atoms with Crippen LogP contribution in [-0.2, 0) is 16.0 Å². The maximum Gasteiger partial charge on any atom is 0.255 e. The third-order valence-electron chi connectivity index (χ3n) is 3.81. The van der Waals surface area contributed by atoms with Gasteiger partial charge in [-0.15, -0.1) is 0 Å². The topological polar surface area (TPSA) is 56.8 Å². The number of carbonyl (C=O) groups excluding carboxylic acids is 1. The van der Waals surface area contributed by atoms with Crippen LogP contribution >= 0.6 is 11.6 Å². The molecule has 0 bridgehead atoms. The smallest absolute Gasteiger partial charge is 0.255 e. The number of carbonyl (C=O) groups is 1. The SMILES string of the molecule is COc1ccc(CCNC(=O)C(=COCF)c2ccc(Cl)cc2)cc1OC. The van der Waals surface area contributed by atoms with E-state index >= 15 is 0 Å². The Morgan fingerprint density at radius 3 is 2.44 bits per heavy atom. The van der Waals surface area contributed by atoms with Crippen LogP contribution in [0, 0.1) is 0 Å². The second kappa shape index (κ2) is 10.4. The Balaban J connectivity index is 2.02. The van der Waals surface area contributed by atoms with Gasteiger partial charge in [0.1, 0.15) is 0 Å². The highest BCUT2D eigenvalue weighted by molar-refractivity contribution is 6.30. The highest BCUT2D eigenvalue weighted by atomic mass is 35.5. The molecule has 0 heterocycles. The molecule has 0 aliphatic rings. The van der Waals surface area contributed by atoms with Crippen molar-refractivity contribution in [2.75, 3.05) is 27.6 Å². The van der Waals surface area contributed by atoms with Crippen molar-refractivity contribution in [3.63, 3.8) is 0 Å². The predicted octanol–water partition coefficient (Wildman–Crippen LogP) is 4.00. The predicted molar refractivity (Wildman–Crippen MR) is 103 cm³/mol. The Hall–Kier alpha value is -2.73. The second-order valence-corrected chi connectivity index (χ2v) is 5.95. The first-order valence-electron chi connectivity index (χ1n) is 8.21. The molecule has 1 amide bonds. The van der Waals surface area contributed by atoms with Gasteiger partial charge in [0, 0.05) is 11.6 Å². The van der Waals surface area contributed by atoms with Gasteiger partial charge in [0.15, 0.2) is 11.5 Å². The Morgan fingerprint density at radius 1 is 1.11 bits per heavy atom. The van der Waals surface area contributed by atoms with Crippen LogP contribution in [-0.4, -0.2) is 33.5 Å². The van der Waals surface area contributed by atoms with Crippen LogP contribution in [0.25, 0.3) is 5.57 Å². The number of ether oxygens (including phenoxy) is 3. The zero-order chi connectivity index (χ0) is 19.6. The highest BCUT2D eigenvalue weighted by Crippen LogP contribution is 2.27. The summed E-state index contributed by atoms with van der Waals surface area (Å²) in [6, 6.07) is 12.2. The molecular weight excluding hydrogens is 373 g/mol. The first-order valence-corrected chi connectivity index (χ1v) is 8.59. The van der Waals surface area contributed by atoms with Gasteiger partial charge in [0.05, 0.1) is 26.1 Å². The maximum absolute atomic E-state index is 12.5. The van der Waals surface area contributed by atoms with Crippen molar-refractivity contribution in [1.29, 1.82) is 0 Å². The van der Waals surface area contributed by atoms with Crippen LogP contribution in [0.4, 0.5) is 4.39 Å². The molecule has 5 nitrogen and oxygen atoms in total. The van der Waals surface area contributed by atoms with Crippen LogP contribution in [0.2, 0.25) is 5.02 Å². The fraction of sp³-hybridized carbons (Fsp3) is 0.250. The van der Waals surface area contributed by atoms with Gasteiger partial charge in [0.2, 0.25) is 6.86 Å². The standard InChI is InChI=1S/C20H21ClFNO4/c1-25-18-8-3-14(11-19(18)26-2)9-10-23-20(24)17(12-27-13-22)15-4-6-16(21)7-5-15/h3-8,11-12H,9-10,13H2,1-2H3,(H,23,24). The molecule has 2 aromatic carbocycles. The first-order chi connectivity index (χ1) is 13.1. The minimum atomic E-state index is -1.02. The van der Waals surface area contributed by atoms with Crippen LogP contribution in [0.5, 0.6) is 11.5 Å². The molecule has 0 spiro atoms. The third kappa shape index (κ3) is 5.89. The van der Waals surface area contributed by atoms with Gasteiger partial charge in [-0.3, -0.25) is 4.79 Å². The summed E-state index contributed by atoms with van der Waals surface area (Å²) >= 11 is 5.87. The van der Waals surface area contributed by atoms with Crippen molar-refractivity contribution >= 4 is 23.1 Å². The summed E-state index contributed by atoms with van der Waals surface area (Å²) in [6.45, 7) is -0.634. The van der Waals surface area contributed by atoms with Crippen molar-refractivity contribution in [1.82, 2.24) is 5.32 Å². The van der Waals surface area contributed by atoms with Crippen molar-refractivity contribution in [3.8, 4) is 11.5 Å². The largest absolute Gasteiger partial charge is 0.493 e. The lowest BCUT2D eigenvalue weighted by molar-refractivity contribution is -0.115. The highest BCUT2D eigenvalue weighted by Gasteiger charge is 2.13. The average molecular weight is 394 g/mol. The van der Waals surface area contributed by atoms with Gasteiger partial charge >= 0.3 is 0 Å². The first kappa shape index (κ1) is 20.6. The lowest BCUT2D eigenvalue weighted by atomic mass is 10.1. The molecule has 7 heteroatoms. The molecule has 2 aromatic rings. The molecule has 144 valence electrons. The number of hydrogen-bond donors (Lipinski definition) is 1. The molecule has 0 aliphatic carbocycles. The van der Waals surface area contributed by atoms with Gasteiger partial charge in [-0.25, -0.2) is 4.39 Å². The van der Waals surface area contributed by atoms with Crippen molar-refractivity contribution < 1.29 is 23.4 Å². The van der Waals surface area contributed by atoms with E-state index in [1.165, 1.54) is 0 Å². The molecular formula is C20H21ClFNO4. The molecule has 0 atom stereocenters. The second-order valence-electron chi connectivity index (χ2n) is 5.51. The van der Waals surface area contributed by atoms with E-state index in [1.807, 2.05) is 18.2 Å². The van der Waals surface area contributed by atoms with Gasteiger partial charge in [0.25, 0.3) is 5.91 Å². The number of amides is 1. The summed E-state index contributed by atoms with van der Waals surface area (Å²) in [7, 11) is 3.14. The van der Waals surface area contributed by atoms with Crippen molar-refractivity contribution in [2.24, 2.45) is 0 Å². The zero-order valence-electron chi connectivity index (χ0n) is 15.1. The van der Waals surface area contributed by atoms with Gasteiger partial charge in [-0.2, -0.15) is 0 Å². The van der Waals surface area contributed by atoms with E-state index in [0.29, 0.717) is 35.1 Å². The van der Waals surface area contributed by atoms with Crippen molar-refractivity contribution in [3.05, 3.63) is 64.9 Å². The fourth-order valence-corrected chi connectivity index (χ4v) is 2.57. The molecule has 0 aromatic heterocycles. The molecule has 0 unspecified atom stereocenters. The van der Waals surface area contributed by atoms with E-state index in [1.54, 1.807) is 38.5 Å². The number of hydrogen-bond acceptors (Lipinski definition) is 4. The van der Waals surface area contributed by atoms with E-state index < -0.39 is 6.86 Å². The van der Waals surface area contributed by atoms with E-state index in [0.717, 1.165) is 11.8 Å². The monoisotopic (exact) mass is 393 g/mol. The van der Waals surface area contributed by atoms with Gasteiger partial charge in [-0.1, -0.05) is 29.8 Å². The number of halogens is 2. The minimum Gasteiger partial charge on any atom is -0.493 e. The van der Waals surface area contributed by atoms with E-state index in [4.69, 9.17) is 21.1 Å².